The number of fused-ring (bicyclic) bond motifs is 1. The zero-order valence-corrected chi connectivity index (χ0v) is 25.7. The molecule has 4 aromatic rings. The number of ether oxygens (including phenoxy) is 5. The van der Waals surface area contributed by atoms with Gasteiger partial charge < -0.3 is 33.7 Å². The van der Waals surface area contributed by atoms with Crippen LogP contribution in [0.15, 0.2) is 72.9 Å². The van der Waals surface area contributed by atoms with Crippen molar-refractivity contribution < 1.29 is 33.6 Å². The fourth-order valence-corrected chi connectivity index (χ4v) is 6.04. The quantitative estimate of drug-likeness (QED) is 0.224. The van der Waals surface area contributed by atoms with E-state index in [1.165, 1.54) is 0 Å². The molecule has 0 amide bonds. The highest BCUT2D eigenvalue weighted by Crippen LogP contribution is 2.43. The van der Waals surface area contributed by atoms with Crippen LogP contribution in [0.5, 0.6) is 28.7 Å². The number of carbonyl (C=O) groups is 1. The average molecular weight is 601 g/mol. The molecule has 2 atom stereocenters. The number of para-hydroxylation sites is 1. The lowest BCUT2D eigenvalue weighted by atomic mass is 9.78. The number of methoxy groups -OCH3 is 4. The van der Waals surface area contributed by atoms with E-state index in [1.807, 2.05) is 66.7 Å². The highest BCUT2D eigenvalue weighted by Gasteiger charge is 2.35. The number of hydrogen-bond acceptors (Lipinski definition) is 9. The van der Waals surface area contributed by atoms with Gasteiger partial charge in [0.15, 0.2) is 23.0 Å². The normalized spacial score (nSPS) is 15.4. The van der Waals surface area contributed by atoms with Crippen LogP contribution in [0.4, 0.5) is 0 Å². The first-order valence-corrected chi connectivity index (χ1v) is 14.8. The van der Waals surface area contributed by atoms with Crippen molar-refractivity contribution in [3.05, 3.63) is 84.1 Å². The zero-order chi connectivity index (χ0) is 31.1. The molecule has 2 heterocycles. The van der Waals surface area contributed by atoms with E-state index in [0.717, 1.165) is 22.0 Å². The van der Waals surface area contributed by atoms with Gasteiger partial charge in [0, 0.05) is 29.6 Å². The zero-order valence-electron chi connectivity index (χ0n) is 25.7. The van der Waals surface area contributed by atoms with Crippen molar-refractivity contribution in [1.82, 2.24) is 9.88 Å². The lowest BCUT2D eigenvalue weighted by Crippen LogP contribution is -2.42. The van der Waals surface area contributed by atoms with Gasteiger partial charge >= 0.3 is 0 Å². The number of aliphatic hydroxyl groups excluding tert-OH is 1. The molecule has 5 rings (SSSR count). The van der Waals surface area contributed by atoms with Crippen LogP contribution in [-0.4, -0.2) is 81.6 Å². The number of Topliss-reactive ketones (excluding diaryl/α,β-unsaturated/α-hetero) is 1. The second-order valence-electron chi connectivity index (χ2n) is 10.9. The molecule has 0 saturated carbocycles. The van der Waals surface area contributed by atoms with Crippen LogP contribution >= 0.6 is 0 Å². The van der Waals surface area contributed by atoms with Crippen LogP contribution in [-0.2, 0) is 4.79 Å². The van der Waals surface area contributed by atoms with Crippen molar-refractivity contribution >= 4 is 16.7 Å². The number of piperidine rings is 1. The molecule has 44 heavy (non-hydrogen) atoms. The lowest BCUT2D eigenvalue weighted by molar-refractivity contribution is -0.125. The second-order valence-corrected chi connectivity index (χ2v) is 10.9. The van der Waals surface area contributed by atoms with Gasteiger partial charge in [-0.1, -0.05) is 24.3 Å². The van der Waals surface area contributed by atoms with Crippen molar-refractivity contribution in [2.24, 2.45) is 5.92 Å². The molecule has 1 aliphatic heterocycles. The molecule has 0 aliphatic carbocycles. The van der Waals surface area contributed by atoms with Crippen LogP contribution in [0.2, 0.25) is 0 Å². The van der Waals surface area contributed by atoms with E-state index in [-0.39, 0.29) is 18.3 Å². The monoisotopic (exact) mass is 600 g/mol. The number of nitrogens with zero attached hydrogens (tertiary/aromatic N) is 2. The Kier molecular flexibility index (Phi) is 10.2. The van der Waals surface area contributed by atoms with E-state index in [4.69, 9.17) is 23.7 Å². The third-order valence-corrected chi connectivity index (χ3v) is 8.27. The van der Waals surface area contributed by atoms with Gasteiger partial charge in [-0.3, -0.25) is 9.78 Å². The van der Waals surface area contributed by atoms with E-state index in [2.05, 4.69) is 9.88 Å². The Morgan fingerprint density at radius 3 is 2.32 bits per heavy atom. The molecule has 1 aromatic heterocycles. The Hall–Kier alpha value is -4.34. The fraction of sp³-hybridized carbons (Fsp3) is 0.371. The van der Waals surface area contributed by atoms with Crippen LogP contribution in [0, 0.1) is 5.92 Å². The summed E-state index contributed by atoms with van der Waals surface area (Å²) in [5.74, 6) is 2.29. The van der Waals surface area contributed by atoms with Gasteiger partial charge in [-0.25, -0.2) is 0 Å². The third kappa shape index (κ3) is 6.74. The van der Waals surface area contributed by atoms with Gasteiger partial charge in [-0.2, -0.15) is 0 Å². The Balaban J connectivity index is 1.28. The second kappa shape index (κ2) is 14.4. The number of likely N-dealkylation sites (tertiary alicyclic amines) is 1. The van der Waals surface area contributed by atoms with Gasteiger partial charge in [-0.05, 0) is 74.0 Å². The first-order chi connectivity index (χ1) is 21.5. The Labute approximate surface area is 258 Å². The maximum absolute atomic E-state index is 14.4. The minimum atomic E-state index is -0.672. The van der Waals surface area contributed by atoms with Gasteiger partial charge in [0.05, 0.1) is 39.9 Å². The predicted molar refractivity (Wildman–Crippen MR) is 168 cm³/mol. The first kappa shape index (κ1) is 31.1. The van der Waals surface area contributed by atoms with Gasteiger partial charge in [0.1, 0.15) is 24.2 Å². The Bertz CT molecular complexity index is 1560. The lowest BCUT2D eigenvalue weighted by Gasteiger charge is -2.34. The predicted octanol–water partition coefficient (Wildman–Crippen LogP) is 5.12. The van der Waals surface area contributed by atoms with E-state index in [0.29, 0.717) is 61.2 Å². The highest BCUT2D eigenvalue weighted by atomic mass is 16.5. The number of aromatic nitrogens is 1. The molecule has 0 radical (unpaired) electrons. The van der Waals surface area contributed by atoms with Gasteiger partial charge in [-0.15, -0.1) is 0 Å². The largest absolute Gasteiger partial charge is 0.493 e. The van der Waals surface area contributed by atoms with Crippen LogP contribution < -0.4 is 23.7 Å². The highest BCUT2D eigenvalue weighted by molar-refractivity contribution is 5.92. The van der Waals surface area contributed by atoms with Crippen molar-refractivity contribution in [1.29, 1.82) is 0 Å². The number of hydrogen-bond donors (Lipinski definition) is 1. The topological polar surface area (TPSA) is 99.6 Å². The average Bonchev–Trinajstić information content (AvgIpc) is 3.07. The molecule has 0 bridgehead atoms. The number of aliphatic hydroxyl groups is 1. The van der Waals surface area contributed by atoms with E-state index in [9.17, 15) is 9.90 Å². The Morgan fingerprint density at radius 1 is 0.864 bits per heavy atom. The molecule has 1 N–H and O–H groups in total. The van der Waals surface area contributed by atoms with Gasteiger partial charge in [0.25, 0.3) is 0 Å². The molecule has 9 heteroatoms. The summed E-state index contributed by atoms with van der Waals surface area (Å²) in [5, 5.41) is 11.7. The van der Waals surface area contributed by atoms with Crippen LogP contribution in [0.25, 0.3) is 10.9 Å². The molecule has 0 spiro atoms. The summed E-state index contributed by atoms with van der Waals surface area (Å²) < 4.78 is 28.3. The van der Waals surface area contributed by atoms with Crippen LogP contribution in [0.3, 0.4) is 0 Å². The van der Waals surface area contributed by atoms with Crippen molar-refractivity contribution in [3.8, 4) is 28.7 Å². The number of ketones is 1. The van der Waals surface area contributed by atoms with Crippen molar-refractivity contribution in [3.63, 3.8) is 0 Å². The molecular formula is C35H40N2O7. The third-order valence-electron chi connectivity index (χ3n) is 8.27. The summed E-state index contributed by atoms with van der Waals surface area (Å²) in [5.41, 5.74) is 2.38. The van der Waals surface area contributed by atoms with E-state index in [1.54, 1.807) is 34.6 Å². The number of pyridine rings is 1. The molecular weight excluding hydrogens is 560 g/mol. The first-order valence-electron chi connectivity index (χ1n) is 14.8. The smallest absolute Gasteiger partial charge is 0.164 e. The minimum Gasteiger partial charge on any atom is -0.493 e. The number of benzene rings is 3. The molecule has 1 fully saturated rings. The van der Waals surface area contributed by atoms with Crippen LogP contribution in [0.1, 0.15) is 29.9 Å². The number of β-amino-alcohol motifs (C(OH)–C–C–N with tert-alkyl or cyclic N) is 1. The number of rotatable bonds is 13. The van der Waals surface area contributed by atoms with Crippen molar-refractivity contribution in [2.75, 3.05) is 54.7 Å². The van der Waals surface area contributed by atoms with Crippen molar-refractivity contribution in [2.45, 2.75) is 24.9 Å². The summed E-state index contributed by atoms with van der Waals surface area (Å²) in [6, 6.07) is 20.7. The number of carbonyl (C=O) groups excluding carboxylic acids is 1. The molecule has 3 aromatic carbocycles. The Morgan fingerprint density at radius 2 is 1.59 bits per heavy atom. The van der Waals surface area contributed by atoms with E-state index >= 15 is 0 Å². The molecule has 2 unspecified atom stereocenters. The maximum atomic E-state index is 14.4. The summed E-state index contributed by atoms with van der Waals surface area (Å²) in [6.45, 7) is 2.02. The summed E-state index contributed by atoms with van der Waals surface area (Å²) >= 11 is 0. The molecule has 1 aliphatic rings. The molecule has 1 saturated heterocycles. The standard InChI is InChI=1S/C35H40N2O7/c1-40-30-14-13-24(20-32(30)42-3)33(27-8-5-12-31(41-2)35(27)43-4)34(39)23-15-18-37(19-16-23)21-25(38)22-44-29-11-6-10-28-26(29)9-7-17-36-28/h5-14,17,20,23,25,33,38H,15-16,18-19,21-22H2,1-4H3. The summed E-state index contributed by atoms with van der Waals surface area (Å²) in [4.78, 5) is 20.9. The fourth-order valence-electron chi connectivity index (χ4n) is 6.04. The minimum absolute atomic E-state index is 0.108. The SMILES string of the molecule is COc1ccc(C(C(=O)C2CCN(CC(O)COc3cccc4ncccc34)CC2)c2cccc(OC)c2OC)cc1OC. The molecule has 9 nitrogen and oxygen atoms in total. The summed E-state index contributed by atoms with van der Waals surface area (Å²) in [6.07, 6.45) is 2.43. The maximum Gasteiger partial charge on any atom is 0.164 e. The van der Waals surface area contributed by atoms with E-state index < -0.39 is 12.0 Å². The molecule has 232 valence electrons. The summed E-state index contributed by atoms with van der Waals surface area (Å²) in [7, 11) is 6.34. The van der Waals surface area contributed by atoms with Gasteiger partial charge in [0.2, 0.25) is 0 Å².